The molecule has 0 atom stereocenters. The molecule has 0 aromatic heterocycles. The van der Waals surface area contributed by atoms with Crippen LogP contribution in [0.4, 0.5) is 0 Å². The van der Waals surface area contributed by atoms with E-state index >= 15 is 0 Å². The van der Waals surface area contributed by atoms with Crippen molar-refractivity contribution in [2.24, 2.45) is 0 Å². The summed E-state index contributed by atoms with van der Waals surface area (Å²) in [5, 5.41) is 0. The molecule has 0 unspecified atom stereocenters. The summed E-state index contributed by atoms with van der Waals surface area (Å²) in [6.45, 7) is 0. The van der Waals surface area contributed by atoms with E-state index in [9.17, 15) is 0 Å². The van der Waals surface area contributed by atoms with Crippen LogP contribution in [0.2, 0.25) is 0 Å². The first-order chi connectivity index (χ1) is 5.20. The van der Waals surface area contributed by atoms with Crippen molar-refractivity contribution in [2.75, 3.05) is 0 Å². The smallest absolute Gasteiger partial charge is 0.870 e. The molecule has 20 heavy (non-hydrogen) atoms. The maximum Gasteiger partial charge on any atom is 3.00 e. The molecule has 20 heteroatoms. The summed E-state index contributed by atoms with van der Waals surface area (Å²) in [7, 11) is -10.9. The molecule has 0 rings (SSSR count). The van der Waals surface area contributed by atoms with E-state index in [-0.39, 0.29) is 131 Å². The van der Waals surface area contributed by atoms with Crippen molar-refractivity contribution < 1.29 is 133 Å². The third kappa shape index (κ3) is 1600. The third-order valence-electron chi connectivity index (χ3n) is 0. The van der Waals surface area contributed by atoms with Crippen molar-refractivity contribution in [3.63, 3.8) is 0 Å². The molecular formula is H5AlFeKMgO13Si3. The van der Waals surface area contributed by atoms with Gasteiger partial charge in [-0.2, -0.15) is 0 Å². The molecule has 0 saturated carbocycles. The summed E-state index contributed by atoms with van der Waals surface area (Å²) in [6, 6.07) is 0. The van der Waals surface area contributed by atoms with Crippen molar-refractivity contribution in [2.45, 2.75) is 0 Å². The first-order valence-corrected chi connectivity index (χ1v) is 5.51. The fourth-order valence-electron chi connectivity index (χ4n) is 0. The van der Waals surface area contributed by atoms with Gasteiger partial charge in [0.15, 0.2) is 0 Å². The Hall–Kier alpha value is 2.15. The maximum atomic E-state index is 8.52. The molecule has 5 N–H and O–H groups in total. The number of rotatable bonds is 0. The molecule has 0 heterocycles. The van der Waals surface area contributed by atoms with Crippen LogP contribution in [0.5, 0.6) is 0 Å². The van der Waals surface area contributed by atoms with Gasteiger partial charge in [0.05, 0.1) is 0 Å². The fourth-order valence-corrected chi connectivity index (χ4v) is 0. The predicted octanol–water partition coefficient (Wildman–Crippen LogP) is -13.7. The average molecular weight is 444 g/mol. The summed E-state index contributed by atoms with van der Waals surface area (Å²) in [5.41, 5.74) is 0. The first kappa shape index (κ1) is 79.7. The van der Waals surface area contributed by atoms with Crippen molar-refractivity contribution in [1.29, 1.82) is 0 Å². The van der Waals surface area contributed by atoms with E-state index in [1.54, 1.807) is 0 Å². The van der Waals surface area contributed by atoms with Gasteiger partial charge in [-0.3, -0.25) is 0 Å². The van der Waals surface area contributed by atoms with Gasteiger partial charge in [-0.25, -0.2) is 0 Å². The quantitative estimate of drug-likeness (QED) is 0.315. The standard InChI is InChI=1S/Al.Fe.K.Mg.3O3Si.4H2O/c;;;;3*1-4(2)3;;;;/h;;;;;;;4*1H2/q2*+3;+1;+2;3*-2;;;;/p-3. The molecule has 0 spiro atoms. The van der Waals surface area contributed by atoms with Gasteiger partial charge in [0.1, 0.15) is 0 Å². The summed E-state index contributed by atoms with van der Waals surface area (Å²) in [6.07, 6.45) is 0. The van der Waals surface area contributed by atoms with Crippen molar-refractivity contribution in [3.05, 3.63) is 0 Å². The zero-order valence-corrected chi connectivity index (χ0v) is 19.5. The van der Waals surface area contributed by atoms with Crippen LogP contribution in [-0.2, 0) is 30.5 Å². The molecule has 0 aromatic rings. The molecule has 0 aliphatic heterocycles. The molecule has 13 nitrogen and oxygen atoms in total. The van der Waals surface area contributed by atoms with Gasteiger partial charge in [0.25, 0.3) is 0 Å². The van der Waals surface area contributed by atoms with Gasteiger partial charge in [-0.05, 0) is 0 Å². The van der Waals surface area contributed by atoms with E-state index < -0.39 is 27.5 Å². The molecule has 1 radical (unpaired) electrons. The van der Waals surface area contributed by atoms with E-state index in [0.29, 0.717) is 0 Å². The topological polar surface area (TPSA) is 311 Å². The van der Waals surface area contributed by atoms with Crippen LogP contribution < -0.4 is 80.2 Å². The zero-order valence-electron chi connectivity index (χ0n) is 9.65. The minimum atomic E-state index is -3.63. The zero-order chi connectivity index (χ0) is 10.7. The van der Waals surface area contributed by atoms with Gasteiger partial charge in [0, 0.05) is 27.5 Å². The first-order valence-electron chi connectivity index (χ1n) is 1.84. The summed E-state index contributed by atoms with van der Waals surface area (Å²) < 4.78 is 25.6. The van der Waals surface area contributed by atoms with E-state index in [4.69, 9.17) is 42.2 Å². The average Bonchev–Trinajstić information content (AvgIpc) is 1.54. The van der Waals surface area contributed by atoms with Gasteiger partial charge in [-0.1, -0.05) is 0 Å². The number of hydrogen-bond acceptors (Lipinski definition) is 12. The van der Waals surface area contributed by atoms with Crippen LogP contribution in [0, 0.1) is 0 Å². The Balaban J connectivity index is -0.00000000562. The van der Waals surface area contributed by atoms with E-state index in [0.717, 1.165) is 0 Å². The van der Waals surface area contributed by atoms with Crippen LogP contribution in [0.15, 0.2) is 0 Å². The minimum Gasteiger partial charge on any atom is -0.870 e. The second kappa shape index (κ2) is 69.1. The third-order valence-corrected chi connectivity index (χ3v) is 0. The molecule has 0 aromatic carbocycles. The largest absolute Gasteiger partial charge is 3.00 e. The van der Waals surface area contributed by atoms with E-state index in [2.05, 4.69) is 0 Å². The monoisotopic (exact) mass is 443 g/mol. The Bertz CT molecular complexity index is 131. The molecule has 0 bridgehead atoms. The molecule has 109 valence electrons. The molecule has 0 amide bonds. The Morgan fingerprint density at radius 1 is 0.600 bits per heavy atom. The summed E-state index contributed by atoms with van der Waals surface area (Å²) in [5.74, 6) is 0. The minimum absolute atomic E-state index is 0. The SMILES string of the molecule is O.O=[Si]([O-])[O-].O=[Si]([O-])[O-].O=[Si]([O-])[O-].[Al+3].[Fe+3].[K+].[Mg+2].[OH-].[OH-].[OH-]. The second-order valence-electron chi connectivity index (χ2n) is 0.750. The van der Waals surface area contributed by atoms with E-state index in [1.807, 2.05) is 0 Å². The van der Waals surface area contributed by atoms with Crippen LogP contribution in [0.1, 0.15) is 0 Å². The Morgan fingerprint density at radius 2 is 0.600 bits per heavy atom. The van der Waals surface area contributed by atoms with Crippen LogP contribution in [0.25, 0.3) is 0 Å². The van der Waals surface area contributed by atoms with Crippen molar-refractivity contribution in [1.82, 2.24) is 0 Å². The molecule has 0 fully saturated rings. The fraction of sp³-hybridized carbons (Fsp3) is 0. The predicted molar refractivity (Wildman–Crippen MR) is 40.3 cm³/mol. The van der Waals surface area contributed by atoms with Gasteiger partial charge in [0.2, 0.25) is 0 Å². The normalized spacial score (nSPS) is 3.60. The van der Waals surface area contributed by atoms with E-state index in [1.165, 1.54) is 0 Å². The maximum absolute atomic E-state index is 8.52. The Kier molecular flexibility index (Phi) is 275. The molecule has 0 saturated heterocycles. The molecule has 0 aliphatic carbocycles. The van der Waals surface area contributed by atoms with Gasteiger partial charge in [-0.15, -0.1) is 0 Å². The van der Waals surface area contributed by atoms with Crippen LogP contribution in [0.3, 0.4) is 0 Å². The van der Waals surface area contributed by atoms with Gasteiger partial charge < -0.3 is 64.1 Å². The Labute approximate surface area is 197 Å². The second-order valence-corrected chi connectivity index (χ2v) is 2.25. The summed E-state index contributed by atoms with van der Waals surface area (Å²) >= 11 is 0. The Morgan fingerprint density at radius 3 is 0.600 bits per heavy atom. The van der Waals surface area contributed by atoms with Crippen LogP contribution in [-0.4, -0.2) is 89.8 Å². The number of hydrogen-bond donors (Lipinski definition) is 0. The molecule has 0 aliphatic rings. The molecular weight excluding hydrogens is 438 g/mol. The van der Waals surface area contributed by atoms with Crippen molar-refractivity contribution >= 4 is 67.9 Å². The van der Waals surface area contributed by atoms with Gasteiger partial charge >= 0.3 is 109 Å². The summed E-state index contributed by atoms with van der Waals surface area (Å²) in [4.78, 5) is 51.1. The van der Waals surface area contributed by atoms with Crippen LogP contribution >= 0.6 is 0 Å². The van der Waals surface area contributed by atoms with Crippen molar-refractivity contribution in [3.8, 4) is 0 Å².